The fourth-order valence-electron chi connectivity index (χ4n) is 3.81. The minimum absolute atomic E-state index is 0.0838. The van der Waals surface area contributed by atoms with E-state index in [-0.39, 0.29) is 29.4 Å². The topological polar surface area (TPSA) is 91.7 Å². The van der Waals surface area contributed by atoms with Crippen LogP contribution >= 0.6 is 0 Å². The molecule has 3 unspecified atom stereocenters. The van der Waals surface area contributed by atoms with Crippen molar-refractivity contribution in [3.8, 4) is 0 Å². The van der Waals surface area contributed by atoms with E-state index in [0.717, 1.165) is 19.3 Å². The van der Waals surface area contributed by atoms with Crippen LogP contribution in [0.4, 0.5) is 11.4 Å². The summed E-state index contributed by atoms with van der Waals surface area (Å²) in [6.45, 7) is 2.73. The average Bonchev–Trinajstić information content (AvgIpc) is 3.22. The van der Waals surface area contributed by atoms with Crippen molar-refractivity contribution in [2.24, 2.45) is 11.8 Å². The van der Waals surface area contributed by atoms with E-state index in [9.17, 15) is 14.4 Å². The van der Waals surface area contributed by atoms with Crippen LogP contribution in [-0.4, -0.2) is 35.2 Å². The third kappa shape index (κ3) is 4.34. The standard InChI is InChI=1S/C22H25N3O4/c1-14-13-17(14)22(28)25-11-3-2-5-18(25)20(26)23-15-7-9-16(10-8-15)24-21(27)19-6-4-12-29-19/h4,6-10,12,14,17-18H,2-3,5,11,13H2,1H3,(H,23,26)(H,24,27). The Labute approximate surface area is 169 Å². The van der Waals surface area contributed by atoms with Crippen LogP contribution in [0, 0.1) is 11.8 Å². The molecule has 1 aliphatic heterocycles. The molecule has 1 saturated carbocycles. The van der Waals surface area contributed by atoms with Gasteiger partial charge in [0, 0.05) is 23.8 Å². The SMILES string of the molecule is CC1CC1C(=O)N1CCCCC1C(=O)Nc1ccc(NC(=O)c2ccco2)cc1. The van der Waals surface area contributed by atoms with Crippen LogP contribution in [0.1, 0.15) is 43.2 Å². The molecular weight excluding hydrogens is 370 g/mol. The Morgan fingerprint density at radius 3 is 2.34 bits per heavy atom. The van der Waals surface area contributed by atoms with Gasteiger partial charge in [0.1, 0.15) is 6.04 Å². The summed E-state index contributed by atoms with van der Waals surface area (Å²) in [5.41, 5.74) is 1.23. The zero-order chi connectivity index (χ0) is 20.4. The van der Waals surface area contributed by atoms with Crippen molar-refractivity contribution in [3.63, 3.8) is 0 Å². The molecule has 0 spiro atoms. The number of piperidine rings is 1. The molecule has 7 heteroatoms. The molecule has 0 radical (unpaired) electrons. The zero-order valence-electron chi connectivity index (χ0n) is 16.4. The van der Waals surface area contributed by atoms with Gasteiger partial charge in [0.15, 0.2) is 5.76 Å². The van der Waals surface area contributed by atoms with Gasteiger partial charge in [-0.15, -0.1) is 0 Å². The lowest BCUT2D eigenvalue weighted by molar-refractivity contribution is -0.141. The van der Waals surface area contributed by atoms with E-state index < -0.39 is 6.04 Å². The number of hydrogen-bond donors (Lipinski definition) is 2. The number of nitrogens with one attached hydrogen (secondary N) is 2. The second kappa shape index (κ2) is 8.11. The van der Waals surface area contributed by atoms with Gasteiger partial charge in [-0.2, -0.15) is 0 Å². The van der Waals surface area contributed by atoms with E-state index in [1.54, 1.807) is 41.3 Å². The smallest absolute Gasteiger partial charge is 0.291 e. The van der Waals surface area contributed by atoms with Crippen LogP contribution in [0.25, 0.3) is 0 Å². The molecule has 1 aromatic heterocycles. The number of carbonyl (C=O) groups is 3. The Hall–Kier alpha value is -3.09. The first-order chi connectivity index (χ1) is 14.0. The third-order valence-electron chi connectivity index (χ3n) is 5.67. The van der Waals surface area contributed by atoms with Crippen LogP contribution in [0.3, 0.4) is 0 Å². The largest absolute Gasteiger partial charge is 0.459 e. The van der Waals surface area contributed by atoms with Crippen LogP contribution in [0.15, 0.2) is 47.1 Å². The maximum Gasteiger partial charge on any atom is 0.291 e. The quantitative estimate of drug-likeness (QED) is 0.810. The van der Waals surface area contributed by atoms with Crippen LogP contribution in [0.5, 0.6) is 0 Å². The molecular formula is C22H25N3O4. The number of nitrogens with zero attached hydrogens (tertiary/aromatic N) is 1. The number of rotatable bonds is 5. The first-order valence-corrected chi connectivity index (χ1v) is 10.1. The van der Waals surface area contributed by atoms with Crippen molar-refractivity contribution in [1.82, 2.24) is 4.90 Å². The summed E-state index contributed by atoms with van der Waals surface area (Å²) in [6, 6.07) is 9.71. The van der Waals surface area contributed by atoms with Gasteiger partial charge in [-0.3, -0.25) is 14.4 Å². The predicted molar refractivity (Wildman–Crippen MR) is 108 cm³/mol. The van der Waals surface area contributed by atoms with Crippen molar-refractivity contribution in [2.45, 2.75) is 38.6 Å². The first kappa shape index (κ1) is 19.2. The molecule has 3 atom stereocenters. The number of furan rings is 1. The molecule has 152 valence electrons. The zero-order valence-corrected chi connectivity index (χ0v) is 16.4. The van der Waals surface area contributed by atoms with Crippen LogP contribution in [0.2, 0.25) is 0 Å². The second-order valence-electron chi connectivity index (χ2n) is 7.86. The van der Waals surface area contributed by atoms with E-state index in [1.807, 2.05) is 0 Å². The number of amides is 3. The fraction of sp³-hybridized carbons (Fsp3) is 0.409. The highest BCUT2D eigenvalue weighted by molar-refractivity contribution is 6.02. The Kier molecular flexibility index (Phi) is 5.38. The monoisotopic (exact) mass is 395 g/mol. The predicted octanol–water partition coefficient (Wildman–Crippen LogP) is 3.51. The van der Waals surface area contributed by atoms with Crippen molar-refractivity contribution in [1.29, 1.82) is 0 Å². The minimum atomic E-state index is -0.414. The number of anilines is 2. The fourth-order valence-corrected chi connectivity index (χ4v) is 3.81. The Balaban J connectivity index is 1.37. The highest BCUT2D eigenvalue weighted by Gasteiger charge is 2.44. The minimum Gasteiger partial charge on any atom is -0.459 e. The molecule has 0 bridgehead atoms. The number of benzene rings is 1. The van der Waals surface area contributed by atoms with E-state index in [1.165, 1.54) is 6.26 Å². The summed E-state index contributed by atoms with van der Waals surface area (Å²) < 4.78 is 5.07. The van der Waals surface area contributed by atoms with Crippen LogP contribution in [-0.2, 0) is 9.59 Å². The van der Waals surface area contributed by atoms with Crippen molar-refractivity contribution < 1.29 is 18.8 Å². The van der Waals surface area contributed by atoms with Crippen LogP contribution < -0.4 is 10.6 Å². The summed E-state index contributed by atoms with van der Waals surface area (Å²) in [4.78, 5) is 39.3. The van der Waals surface area contributed by atoms with Gasteiger partial charge < -0.3 is 20.0 Å². The normalized spacial score (nSPS) is 23.3. The van der Waals surface area contributed by atoms with Gasteiger partial charge in [0.2, 0.25) is 11.8 Å². The van der Waals surface area contributed by atoms with Crippen molar-refractivity contribution >= 4 is 29.1 Å². The number of carbonyl (C=O) groups excluding carboxylic acids is 3. The lowest BCUT2D eigenvalue weighted by Gasteiger charge is -2.35. The lowest BCUT2D eigenvalue weighted by atomic mass is 10.00. The molecule has 2 aromatic rings. The van der Waals surface area contributed by atoms with Gasteiger partial charge in [-0.25, -0.2) is 0 Å². The molecule has 1 aliphatic carbocycles. The highest BCUT2D eigenvalue weighted by atomic mass is 16.3. The first-order valence-electron chi connectivity index (χ1n) is 10.1. The van der Waals surface area contributed by atoms with E-state index >= 15 is 0 Å². The van der Waals surface area contributed by atoms with Gasteiger partial charge in [-0.1, -0.05) is 6.92 Å². The Bertz CT molecular complexity index is 891. The number of likely N-dealkylation sites (tertiary alicyclic amines) is 1. The maximum atomic E-state index is 12.8. The molecule has 29 heavy (non-hydrogen) atoms. The molecule has 4 rings (SSSR count). The third-order valence-corrected chi connectivity index (χ3v) is 5.67. The molecule has 2 heterocycles. The van der Waals surface area contributed by atoms with Crippen molar-refractivity contribution in [3.05, 3.63) is 48.4 Å². The summed E-state index contributed by atoms with van der Waals surface area (Å²) in [5.74, 6) is 0.372. The van der Waals surface area contributed by atoms with E-state index in [4.69, 9.17) is 4.42 Å². The highest BCUT2D eigenvalue weighted by Crippen LogP contribution is 2.40. The van der Waals surface area contributed by atoms with E-state index in [0.29, 0.717) is 30.3 Å². The van der Waals surface area contributed by atoms with Crippen molar-refractivity contribution in [2.75, 3.05) is 17.2 Å². The number of hydrogen-bond acceptors (Lipinski definition) is 4. The second-order valence-corrected chi connectivity index (χ2v) is 7.86. The summed E-state index contributed by atoms with van der Waals surface area (Å²) in [5, 5.41) is 5.65. The Morgan fingerprint density at radius 2 is 1.72 bits per heavy atom. The molecule has 1 saturated heterocycles. The molecule has 2 aliphatic rings. The average molecular weight is 395 g/mol. The van der Waals surface area contributed by atoms with Gasteiger partial charge in [0.25, 0.3) is 5.91 Å². The van der Waals surface area contributed by atoms with Gasteiger partial charge >= 0.3 is 0 Å². The summed E-state index contributed by atoms with van der Waals surface area (Å²) in [6.07, 6.45) is 4.95. The molecule has 1 aromatic carbocycles. The summed E-state index contributed by atoms with van der Waals surface area (Å²) in [7, 11) is 0. The molecule has 7 nitrogen and oxygen atoms in total. The molecule has 2 fully saturated rings. The molecule has 3 amide bonds. The molecule has 2 N–H and O–H groups in total. The summed E-state index contributed by atoms with van der Waals surface area (Å²) >= 11 is 0. The van der Waals surface area contributed by atoms with Gasteiger partial charge in [-0.05, 0) is 68.0 Å². The lowest BCUT2D eigenvalue weighted by Crippen LogP contribution is -2.50. The van der Waals surface area contributed by atoms with Gasteiger partial charge in [0.05, 0.1) is 6.26 Å². The maximum absolute atomic E-state index is 12.8. The Morgan fingerprint density at radius 1 is 1.03 bits per heavy atom. The van der Waals surface area contributed by atoms with E-state index in [2.05, 4.69) is 17.6 Å².